The second-order valence-electron chi connectivity index (χ2n) is 6.25. The van der Waals surface area contributed by atoms with Gasteiger partial charge in [-0.15, -0.1) is 0 Å². The number of alkyl halides is 3. The molecule has 0 saturated carbocycles. The number of amides is 1. The van der Waals surface area contributed by atoms with Crippen molar-refractivity contribution in [2.45, 2.75) is 26.1 Å². The van der Waals surface area contributed by atoms with Crippen LogP contribution in [-0.4, -0.2) is 63.2 Å². The van der Waals surface area contributed by atoms with Crippen LogP contribution in [0.15, 0.2) is 29.3 Å². The number of benzene rings is 1. The molecule has 3 N–H and O–H groups in total. The van der Waals surface area contributed by atoms with Crippen molar-refractivity contribution >= 4 is 11.9 Å². The maximum Gasteiger partial charge on any atom is 0.390 e. The standard InChI is InChI=1S/C18H28F3N5O/c1-4-22-17(24-9-8-18(19,20)21)25-13-14-6-5-7-15(12-14)16(27)23-10-11-26(2)3/h5-7,12H,4,8-11,13H2,1-3H3,(H,23,27)(H2,22,24,25). The fraction of sp³-hybridized carbons (Fsp3) is 0.556. The van der Waals surface area contributed by atoms with Crippen LogP contribution in [0.5, 0.6) is 0 Å². The van der Waals surface area contributed by atoms with E-state index in [0.29, 0.717) is 24.6 Å². The zero-order valence-electron chi connectivity index (χ0n) is 16.0. The van der Waals surface area contributed by atoms with Crippen LogP contribution in [0.25, 0.3) is 0 Å². The van der Waals surface area contributed by atoms with E-state index in [1.54, 1.807) is 18.2 Å². The molecule has 152 valence electrons. The molecule has 0 atom stereocenters. The predicted octanol–water partition coefficient (Wildman–Crippen LogP) is 1.99. The van der Waals surface area contributed by atoms with Crippen molar-refractivity contribution in [3.8, 4) is 0 Å². The van der Waals surface area contributed by atoms with Gasteiger partial charge >= 0.3 is 6.18 Å². The number of likely N-dealkylation sites (N-methyl/N-ethyl adjacent to an activating group) is 1. The van der Waals surface area contributed by atoms with Gasteiger partial charge in [0.05, 0.1) is 13.0 Å². The third-order valence-corrected chi connectivity index (χ3v) is 3.50. The monoisotopic (exact) mass is 387 g/mol. The van der Waals surface area contributed by atoms with Gasteiger partial charge in [0.2, 0.25) is 0 Å². The lowest BCUT2D eigenvalue weighted by Gasteiger charge is -2.13. The highest BCUT2D eigenvalue weighted by atomic mass is 19.4. The van der Waals surface area contributed by atoms with Crippen LogP contribution in [-0.2, 0) is 6.54 Å². The summed E-state index contributed by atoms with van der Waals surface area (Å²) in [7, 11) is 3.85. The van der Waals surface area contributed by atoms with Crippen LogP contribution < -0.4 is 16.0 Å². The molecule has 0 fully saturated rings. The molecular weight excluding hydrogens is 359 g/mol. The van der Waals surface area contributed by atoms with E-state index in [-0.39, 0.29) is 19.0 Å². The molecule has 0 radical (unpaired) electrons. The summed E-state index contributed by atoms with van der Waals surface area (Å²) in [5, 5.41) is 8.40. The van der Waals surface area contributed by atoms with Gasteiger partial charge in [0.15, 0.2) is 5.96 Å². The Balaban J connectivity index is 2.64. The highest BCUT2D eigenvalue weighted by Crippen LogP contribution is 2.18. The van der Waals surface area contributed by atoms with Gasteiger partial charge in [-0.3, -0.25) is 4.79 Å². The lowest BCUT2D eigenvalue weighted by Crippen LogP contribution is -2.38. The highest BCUT2D eigenvalue weighted by Gasteiger charge is 2.26. The van der Waals surface area contributed by atoms with Gasteiger partial charge in [-0.2, -0.15) is 13.2 Å². The van der Waals surface area contributed by atoms with Crippen LogP contribution in [0.2, 0.25) is 0 Å². The number of nitrogens with one attached hydrogen (secondary N) is 3. The SMILES string of the molecule is CCNC(=NCc1cccc(C(=O)NCCN(C)C)c1)NCCC(F)(F)F. The number of carbonyl (C=O) groups excluding carboxylic acids is 1. The number of hydrogen-bond donors (Lipinski definition) is 3. The van der Waals surface area contributed by atoms with Gasteiger partial charge in [-0.05, 0) is 38.7 Å². The number of halogens is 3. The Morgan fingerprint density at radius 3 is 2.52 bits per heavy atom. The number of rotatable bonds is 9. The zero-order chi connectivity index (χ0) is 20.3. The summed E-state index contributed by atoms with van der Waals surface area (Å²) in [5.41, 5.74) is 1.32. The van der Waals surface area contributed by atoms with Crippen molar-refractivity contribution in [2.24, 2.45) is 4.99 Å². The lowest BCUT2D eigenvalue weighted by atomic mass is 10.1. The van der Waals surface area contributed by atoms with Gasteiger partial charge in [-0.25, -0.2) is 4.99 Å². The minimum atomic E-state index is -4.21. The van der Waals surface area contributed by atoms with Crippen LogP contribution in [0.1, 0.15) is 29.3 Å². The Bertz CT molecular complexity index is 617. The number of carbonyl (C=O) groups is 1. The molecule has 0 bridgehead atoms. The van der Waals surface area contributed by atoms with Gasteiger partial charge in [-0.1, -0.05) is 12.1 Å². The summed E-state index contributed by atoms with van der Waals surface area (Å²) >= 11 is 0. The first-order valence-corrected chi connectivity index (χ1v) is 8.82. The third kappa shape index (κ3) is 10.4. The van der Waals surface area contributed by atoms with Crippen molar-refractivity contribution in [1.82, 2.24) is 20.9 Å². The smallest absolute Gasteiger partial charge is 0.357 e. The largest absolute Gasteiger partial charge is 0.390 e. The summed E-state index contributed by atoms with van der Waals surface area (Å²) in [6, 6.07) is 7.02. The molecule has 0 unspecified atom stereocenters. The van der Waals surface area contributed by atoms with Gasteiger partial charge in [0, 0.05) is 31.7 Å². The average molecular weight is 387 g/mol. The van der Waals surface area contributed by atoms with E-state index in [0.717, 1.165) is 12.1 Å². The summed E-state index contributed by atoms with van der Waals surface area (Å²) in [5.74, 6) is 0.139. The summed E-state index contributed by atoms with van der Waals surface area (Å²) in [6.07, 6.45) is -5.14. The van der Waals surface area contributed by atoms with E-state index >= 15 is 0 Å². The summed E-state index contributed by atoms with van der Waals surface area (Å²) < 4.78 is 36.8. The minimum absolute atomic E-state index is 0.169. The van der Waals surface area contributed by atoms with Crippen LogP contribution >= 0.6 is 0 Å². The molecule has 1 aromatic carbocycles. The van der Waals surface area contributed by atoms with Crippen molar-refractivity contribution in [3.63, 3.8) is 0 Å². The van der Waals surface area contributed by atoms with E-state index in [1.165, 1.54) is 0 Å². The zero-order valence-corrected chi connectivity index (χ0v) is 16.0. The fourth-order valence-corrected chi connectivity index (χ4v) is 2.14. The fourth-order valence-electron chi connectivity index (χ4n) is 2.14. The topological polar surface area (TPSA) is 68.8 Å². The van der Waals surface area contributed by atoms with Crippen molar-refractivity contribution in [3.05, 3.63) is 35.4 Å². The molecule has 1 aromatic rings. The van der Waals surface area contributed by atoms with Crippen LogP contribution in [0.3, 0.4) is 0 Å². The molecule has 9 heteroatoms. The van der Waals surface area contributed by atoms with Crippen molar-refractivity contribution in [2.75, 3.05) is 40.3 Å². The van der Waals surface area contributed by atoms with Gasteiger partial charge in [0.25, 0.3) is 5.91 Å². The Morgan fingerprint density at radius 1 is 1.15 bits per heavy atom. The van der Waals surface area contributed by atoms with E-state index in [2.05, 4.69) is 20.9 Å². The highest BCUT2D eigenvalue weighted by molar-refractivity contribution is 5.94. The van der Waals surface area contributed by atoms with E-state index in [1.807, 2.05) is 32.0 Å². The molecule has 27 heavy (non-hydrogen) atoms. The maximum absolute atomic E-state index is 12.3. The first-order valence-electron chi connectivity index (χ1n) is 8.82. The Morgan fingerprint density at radius 2 is 1.89 bits per heavy atom. The second kappa shape index (κ2) is 11.4. The quantitative estimate of drug-likeness (QED) is 0.448. The first kappa shape index (κ1) is 22.8. The lowest BCUT2D eigenvalue weighted by molar-refractivity contribution is -0.132. The Hall–Kier alpha value is -2.29. The van der Waals surface area contributed by atoms with E-state index in [9.17, 15) is 18.0 Å². The molecule has 1 rings (SSSR count). The second-order valence-corrected chi connectivity index (χ2v) is 6.25. The van der Waals surface area contributed by atoms with E-state index < -0.39 is 12.6 Å². The predicted molar refractivity (Wildman–Crippen MR) is 101 cm³/mol. The molecule has 0 aliphatic rings. The molecular formula is C18H28F3N5O. The molecule has 6 nitrogen and oxygen atoms in total. The first-order chi connectivity index (χ1) is 12.7. The normalized spacial score (nSPS) is 12.2. The maximum atomic E-state index is 12.3. The molecule has 0 saturated heterocycles. The Kier molecular flexibility index (Phi) is 9.63. The Labute approximate surface area is 158 Å². The van der Waals surface area contributed by atoms with Crippen LogP contribution in [0.4, 0.5) is 13.2 Å². The molecule has 0 aliphatic heterocycles. The van der Waals surface area contributed by atoms with Crippen LogP contribution in [0, 0.1) is 0 Å². The van der Waals surface area contributed by atoms with Crippen molar-refractivity contribution < 1.29 is 18.0 Å². The summed E-state index contributed by atoms with van der Waals surface area (Å²) in [6.45, 7) is 3.66. The number of guanidine groups is 1. The van der Waals surface area contributed by atoms with E-state index in [4.69, 9.17) is 0 Å². The summed E-state index contributed by atoms with van der Waals surface area (Å²) in [4.78, 5) is 18.4. The van der Waals surface area contributed by atoms with Gasteiger partial charge in [0.1, 0.15) is 0 Å². The molecule has 0 aromatic heterocycles. The molecule has 0 spiro atoms. The third-order valence-electron chi connectivity index (χ3n) is 3.50. The minimum Gasteiger partial charge on any atom is -0.357 e. The number of aliphatic imine (C=N–C) groups is 1. The molecule has 0 heterocycles. The molecule has 1 amide bonds. The molecule has 0 aliphatic carbocycles. The number of hydrogen-bond acceptors (Lipinski definition) is 3. The van der Waals surface area contributed by atoms with Crippen molar-refractivity contribution in [1.29, 1.82) is 0 Å². The van der Waals surface area contributed by atoms with Gasteiger partial charge < -0.3 is 20.9 Å². The average Bonchev–Trinajstić information content (AvgIpc) is 2.58. The number of nitrogens with zero attached hydrogens (tertiary/aromatic N) is 2.